The Morgan fingerprint density at radius 2 is 2.29 bits per heavy atom. The molecule has 6 heteroatoms. The second kappa shape index (κ2) is 7.67. The average Bonchev–Trinajstić information content (AvgIpc) is 2.55. The van der Waals surface area contributed by atoms with Crippen LogP contribution in [0.4, 0.5) is 5.69 Å². The fourth-order valence-corrected chi connectivity index (χ4v) is 2.10. The van der Waals surface area contributed by atoms with Gasteiger partial charge in [0.15, 0.2) is 0 Å². The molecule has 1 saturated heterocycles. The van der Waals surface area contributed by atoms with Gasteiger partial charge in [-0.3, -0.25) is 4.79 Å². The molecule has 1 heterocycles. The molecule has 0 saturated carbocycles. The average molecular weight is 306 g/mol. The molecule has 1 aliphatic rings. The standard InChI is InChI=1S/C15H16ClN3O2/c1-2-12-3-4-14(19-5-7-21-8-6-19)13(9-12)11-17-18-15(20)10-16/h1,3-4,9,11H,5-8,10H2,(H,18,20). The molecule has 0 aromatic heterocycles. The number of alkyl halides is 1. The second-order valence-corrected chi connectivity index (χ2v) is 4.71. The SMILES string of the molecule is C#Cc1ccc(N2CCOCC2)c(C=NNC(=O)CCl)c1. The Bertz CT molecular complexity index is 575. The number of nitrogens with zero attached hydrogens (tertiary/aromatic N) is 2. The molecule has 1 fully saturated rings. The number of rotatable bonds is 4. The van der Waals surface area contributed by atoms with Gasteiger partial charge in [-0.1, -0.05) is 5.92 Å². The molecule has 21 heavy (non-hydrogen) atoms. The molecule has 0 atom stereocenters. The Morgan fingerprint density at radius 1 is 1.52 bits per heavy atom. The number of nitrogens with one attached hydrogen (secondary N) is 1. The van der Waals surface area contributed by atoms with E-state index in [1.54, 1.807) is 6.21 Å². The fourth-order valence-electron chi connectivity index (χ4n) is 2.04. The molecule has 1 aromatic carbocycles. The van der Waals surface area contributed by atoms with Crippen LogP contribution in [0.2, 0.25) is 0 Å². The maximum Gasteiger partial charge on any atom is 0.254 e. The maximum absolute atomic E-state index is 11.1. The largest absolute Gasteiger partial charge is 0.378 e. The molecule has 0 aliphatic carbocycles. The highest BCUT2D eigenvalue weighted by atomic mass is 35.5. The van der Waals surface area contributed by atoms with E-state index in [0.717, 1.165) is 29.9 Å². The van der Waals surface area contributed by atoms with Crippen molar-refractivity contribution in [1.29, 1.82) is 0 Å². The summed E-state index contributed by atoms with van der Waals surface area (Å²) in [4.78, 5) is 13.3. The highest BCUT2D eigenvalue weighted by Crippen LogP contribution is 2.21. The zero-order valence-corrected chi connectivity index (χ0v) is 12.3. The van der Waals surface area contributed by atoms with E-state index in [9.17, 15) is 4.79 Å². The van der Waals surface area contributed by atoms with Crippen LogP contribution in [0.5, 0.6) is 0 Å². The zero-order chi connectivity index (χ0) is 15.1. The molecule has 110 valence electrons. The van der Waals surface area contributed by atoms with Crippen molar-refractivity contribution in [2.24, 2.45) is 5.10 Å². The number of anilines is 1. The fraction of sp³-hybridized carbons (Fsp3) is 0.333. The van der Waals surface area contributed by atoms with Gasteiger partial charge in [-0.05, 0) is 18.2 Å². The van der Waals surface area contributed by atoms with E-state index in [0.29, 0.717) is 13.2 Å². The Balaban J connectivity index is 2.23. The number of amides is 1. The van der Waals surface area contributed by atoms with Gasteiger partial charge in [0.25, 0.3) is 5.91 Å². The van der Waals surface area contributed by atoms with E-state index < -0.39 is 0 Å². The van der Waals surface area contributed by atoms with E-state index in [4.69, 9.17) is 22.8 Å². The van der Waals surface area contributed by atoms with Gasteiger partial charge >= 0.3 is 0 Å². The normalized spacial score (nSPS) is 15.0. The number of hydrogen-bond acceptors (Lipinski definition) is 4. The minimum absolute atomic E-state index is 0.127. The third-order valence-electron chi connectivity index (χ3n) is 3.06. The lowest BCUT2D eigenvalue weighted by atomic mass is 10.1. The molecular formula is C15H16ClN3O2. The van der Waals surface area contributed by atoms with Gasteiger partial charge in [0.05, 0.1) is 19.4 Å². The van der Waals surface area contributed by atoms with Gasteiger partial charge in [0, 0.05) is 29.9 Å². The minimum Gasteiger partial charge on any atom is -0.378 e. The second-order valence-electron chi connectivity index (χ2n) is 4.44. The number of terminal acetylenes is 1. The van der Waals surface area contributed by atoms with Crippen LogP contribution < -0.4 is 10.3 Å². The van der Waals surface area contributed by atoms with Crippen LogP contribution in [0.3, 0.4) is 0 Å². The monoisotopic (exact) mass is 305 g/mol. The number of carbonyl (C=O) groups is 1. The lowest BCUT2D eigenvalue weighted by Crippen LogP contribution is -2.36. The lowest BCUT2D eigenvalue weighted by molar-refractivity contribution is -0.118. The molecule has 2 rings (SSSR count). The number of carbonyl (C=O) groups excluding carboxylic acids is 1. The summed E-state index contributed by atoms with van der Waals surface area (Å²) in [5, 5.41) is 3.91. The van der Waals surface area contributed by atoms with E-state index in [-0.39, 0.29) is 11.8 Å². The quantitative estimate of drug-likeness (QED) is 0.393. The number of benzene rings is 1. The summed E-state index contributed by atoms with van der Waals surface area (Å²) in [6, 6.07) is 5.71. The van der Waals surface area contributed by atoms with E-state index in [2.05, 4.69) is 21.3 Å². The number of hydrazone groups is 1. The third-order valence-corrected chi connectivity index (χ3v) is 3.30. The molecule has 0 radical (unpaired) electrons. The first-order valence-electron chi connectivity index (χ1n) is 6.56. The van der Waals surface area contributed by atoms with Gasteiger partial charge in [-0.25, -0.2) is 5.43 Å². The molecule has 0 bridgehead atoms. The van der Waals surface area contributed by atoms with Crippen LogP contribution in [-0.4, -0.2) is 44.3 Å². The summed E-state index contributed by atoms with van der Waals surface area (Å²) in [6.07, 6.45) is 7.01. The molecule has 5 nitrogen and oxygen atoms in total. The maximum atomic E-state index is 11.1. The first-order chi connectivity index (χ1) is 10.2. The summed E-state index contributed by atoms with van der Waals surface area (Å²) < 4.78 is 5.35. The van der Waals surface area contributed by atoms with Gasteiger partial charge in [0.2, 0.25) is 0 Å². The Labute approximate surface area is 128 Å². The van der Waals surface area contributed by atoms with Crippen molar-refractivity contribution < 1.29 is 9.53 Å². The smallest absolute Gasteiger partial charge is 0.254 e. The first-order valence-corrected chi connectivity index (χ1v) is 7.09. The van der Waals surface area contributed by atoms with Crippen LogP contribution in [0.15, 0.2) is 23.3 Å². The zero-order valence-electron chi connectivity index (χ0n) is 11.5. The highest BCUT2D eigenvalue weighted by Gasteiger charge is 2.14. The van der Waals surface area contributed by atoms with Gasteiger partial charge in [-0.2, -0.15) is 5.10 Å². The molecule has 1 amide bonds. The van der Waals surface area contributed by atoms with Crippen molar-refractivity contribution in [3.05, 3.63) is 29.3 Å². The first kappa shape index (κ1) is 15.4. The molecule has 1 aliphatic heterocycles. The Hall–Kier alpha value is -2.03. The van der Waals surface area contributed by atoms with Gasteiger partial charge < -0.3 is 9.64 Å². The molecule has 0 unspecified atom stereocenters. The molecule has 1 N–H and O–H groups in total. The molecule has 0 spiro atoms. The topological polar surface area (TPSA) is 53.9 Å². The predicted molar refractivity (Wildman–Crippen MR) is 83.9 cm³/mol. The number of hydrogen-bond donors (Lipinski definition) is 1. The van der Waals surface area contributed by atoms with Crippen LogP contribution in [0.1, 0.15) is 11.1 Å². The van der Waals surface area contributed by atoms with Crippen LogP contribution >= 0.6 is 11.6 Å². The van der Waals surface area contributed by atoms with Crippen LogP contribution in [-0.2, 0) is 9.53 Å². The Morgan fingerprint density at radius 3 is 2.95 bits per heavy atom. The third kappa shape index (κ3) is 4.22. The van der Waals surface area contributed by atoms with Crippen molar-refractivity contribution in [2.45, 2.75) is 0 Å². The summed E-state index contributed by atoms with van der Waals surface area (Å²) in [6.45, 7) is 3.00. The lowest BCUT2D eigenvalue weighted by Gasteiger charge is -2.30. The van der Waals surface area contributed by atoms with Crippen molar-refractivity contribution >= 4 is 29.4 Å². The number of morpholine rings is 1. The van der Waals surface area contributed by atoms with E-state index in [1.807, 2.05) is 18.2 Å². The Kier molecular flexibility index (Phi) is 5.61. The number of halogens is 1. The predicted octanol–water partition coefficient (Wildman–Crippen LogP) is 1.19. The highest BCUT2D eigenvalue weighted by molar-refractivity contribution is 6.27. The van der Waals surface area contributed by atoms with Crippen LogP contribution in [0, 0.1) is 12.3 Å². The molecular weight excluding hydrogens is 290 g/mol. The number of ether oxygens (including phenoxy) is 1. The van der Waals surface area contributed by atoms with Gasteiger partial charge in [-0.15, -0.1) is 18.0 Å². The summed E-state index contributed by atoms with van der Waals surface area (Å²) in [7, 11) is 0. The van der Waals surface area contributed by atoms with Crippen molar-refractivity contribution in [1.82, 2.24) is 5.43 Å². The van der Waals surface area contributed by atoms with Crippen molar-refractivity contribution in [2.75, 3.05) is 37.1 Å². The summed E-state index contributed by atoms with van der Waals surface area (Å²) >= 11 is 5.40. The summed E-state index contributed by atoms with van der Waals surface area (Å²) in [5.74, 6) is 2.11. The van der Waals surface area contributed by atoms with Gasteiger partial charge in [0.1, 0.15) is 5.88 Å². The van der Waals surface area contributed by atoms with Crippen LogP contribution in [0.25, 0.3) is 0 Å². The molecule has 1 aromatic rings. The van der Waals surface area contributed by atoms with Crippen molar-refractivity contribution in [3.63, 3.8) is 0 Å². The van der Waals surface area contributed by atoms with E-state index in [1.165, 1.54) is 0 Å². The van der Waals surface area contributed by atoms with E-state index >= 15 is 0 Å². The minimum atomic E-state index is -0.353. The summed E-state index contributed by atoms with van der Waals surface area (Å²) in [5.41, 5.74) is 4.98. The van der Waals surface area contributed by atoms with Crippen molar-refractivity contribution in [3.8, 4) is 12.3 Å².